The van der Waals surface area contributed by atoms with Crippen molar-refractivity contribution in [2.45, 2.75) is 6.92 Å². The van der Waals surface area contributed by atoms with Gasteiger partial charge in [-0.25, -0.2) is 4.39 Å². The summed E-state index contributed by atoms with van der Waals surface area (Å²) >= 11 is 2.15. The molecule has 1 nitrogen and oxygen atoms in total. The summed E-state index contributed by atoms with van der Waals surface area (Å²) in [6.45, 7) is 1.81. The average molecular weight is 340 g/mol. The van der Waals surface area contributed by atoms with Crippen LogP contribution in [0.3, 0.4) is 0 Å². The summed E-state index contributed by atoms with van der Waals surface area (Å²) in [5.41, 5.74) is 1.80. The number of halogens is 2. The van der Waals surface area contributed by atoms with E-state index in [0.29, 0.717) is 11.1 Å². The standard InChI is InChI=1S/C14H10FIO/c1-9-5-6-11(15)8-13(9)14(17)10-3-2-4-12(16)7-10/h2-8H,1H3. The van der Waals surface area contributed by atoms with Crippen LogP contribution in [0.2, 0.25) is 0 Å². The second kappa shape index (κ2) is 4.96. The third-order valence-corrected chi connectivity index (χ3v) is 3.20. The largest absolute Gasteiger partial charge is 0.289 e. The van der Waals surface area contributed by atoms with Crippen LogP contribution in [0.5, 0.6) is 0 Å². The predicted molar refractivity (Wildman–Crippen MR) is 73.7 cm³/mol. The molecule has 86 valence electrons. The number of aryl methyl sites for hydroxylation is 1. The maximum atomic E-state index is 13.1. The molecule has 2 aromatic carbocycles. The van der Waals surface area contributed by atoms with Crippen LogP contribution < -0.4 is 0 Å². The molecule has 0 heterocycles. The van der Waals surface area contributed by atoms with E-state index in [1.807, 2.05) is 12.1 Å². The summed E-state index contributed by atoms with van der Waals surface area (Å²) in [5.74, 6) is -0.523. The van der Waals surface area contributed by atoms with Crippen LogP contribution in [0.25, 0.3) is 0 Å². The fourth-order valence-corrected chi connectivity index (χ4v) is 2.17. The highest BCUT2D eigenvalue weighted by Crippen LogP contribution is 2.17. The molecule has 0 saturated heterocycles. The predicted octanol–water partition coefficient (Wildman–Crippen LogP) is 3.97. The summed E-state index contributed by atoms with van der Waals surface area (Å²) in [4.78, 5) is 12.2. The van der Waals surface area contributed by atoms with Gasteiger partial charge in [0.25, 0.3) is 0 Å². The van der Waals surface area contributed by atoms with Crippen molar-refractivity contribution in [2.75, 3.05) is 0 Å². The Bertz CT molecular complexity index is 578. The third-order valence-electron chi connectivity index (χ3n) is 2.53. The van der Waals surface area contributed by atoms with Crippen molar-refractivity contribution in [2.24, 2.45) is 0 Å². The Morgan fingerprint density at radius 1 is 1.18 bits per heavy atom. The molecule has 0 aliphatic rings. The van der Waals surface area contributed by atoms with E-state index in [-0.39, 0.29) is 11.6 Å². The Morgan fingerprint density at radius 3 is 2.65 bits per heavy atom. The van der Waals surface area contributed by atoms with Crippen molar-refractivity contribution < 1.29 is 9.18 Å². The van der Waals surface area contributed by atoms with Crippen LogP contribution in [-0.4, -0.2) is 5.78 Å². The summed E-state index contributed by atoms with van der Waals surface area (Å²) in [7, 11) is 0. The minimum atomic E-state index is -0.385. The molecule has 2 aromatic rings. The van der Waals surface area contributed by atoms with E-state index < -0.39 is 0 Å². The number of carbonyl (C=O) groups is 1. The number of carbonyl (C=O) groups excluding carboxylic acids is 1. The average Bonchev–Trinajstić information content (AvgIpc) is 2.31. The maximum absolute atomic E-state index is 13.1. The highest BCUT2D eigenvalue weighted by Gasteiger charge is 2.12. The molecule has 0 N–H and O–H groups in total. The van der Waals surface area contributed by atoms with Crippen molar-refractivity contribution in [1.29, 1.82) is 0 Å². The van der Waals surface area contributed by atoms with Gasteiger partial charge >= 0.3 is 0 Å². The molecule has 0 amide bonds. The molecule has 0 fully saturated rings. The molecule has 0 aliphatic heterocycles. The minimum Gasteiger partial charge on any atom is -0.289 e. The number of hydrogen-bond donors (Lipinski definition) is 0. The van der Waals surface area contributed by atoms with Crippen LogP contribution in [0.4, 0.5) is 4.39 Å². The Morgan fingerprint density at radius 2 is 1.94 bits per heavy atom. The summed E-state index contributed by atoms with van der Waals surface area (Å²) in [6.07, 6.45) is 0. The zero-order chi connectivity index (χ0) is 12.4. The summed E-state index contributed by atoms with van der Waals surface area (Å²) < 4.78 is 14.1. The van der Waals surface area contributed by atoms with Crippen LogP contribution in [0.15, 0.2) is 42.5 Å². The first-order valence-electron chi connectivity index (χ1n) is 5.14. The topological polar surface area (TPSA) is 17.1 Å². The molecule has 0 saturated carbocycles. The lowest BCUT2D eigenvalue weighted by molar-refractivity contribution is 0.103. The van der Waals surface area contributed by atoms with Gasteiger partial charge in [-0.05, 0) is 59.3 Å². The molecular weight excluding hydrogens is 330 g/mol. The second-order valence-corrected chi connectivity index (χ2v) is 5.04. The van der Waals surface area contributed by atoms with Crippen LogP contribution in [-0.2, 0) is 0 Å². The Kier molecular flexibility index (Phi) is 3.57. The fraction of sp³-hybridized carbons (Fsp3) is 0.0714. The molecule has 0 bridgehead atoms. The van der Waals surface area contributed by atoms with Crippen LogP contribution in [0, 0.1) is 16.3 Å². The first-order chi connectivity index (χ1) is 8.08. The molecule has 0 aliphatic carbocycles. The van der Waals surface area contributed by atoms with Gasteiger partial charge in [-0.3, -0.25) is 4.79 Å². The maximum Gasteiger partial charge on any atom is 0.193 e. The lowest BCUT2D eigenvalue weighted by Crippen LogP contribution is -2.04. The molecule has 0 spiro atoms. The SMILES string of the molecule is Cc1ccc(F)cc1C(=O)c1cccc(I)c1. The van der Waals surface area contributed by atoms with Gasteiger partial charge in [-0.2, -0.15) is 0 Å². The second-order valence-electron chi connectivity index (χ2n) is 3.80. The normalized spacial score (nSPS) is 10.3. The molecule has 17 heavy (non-hydrogen) atoms. The van der Waals surface area contributed by atoms with Gasteiger partial charge in [-0.1, -0.05) is 18.2 Å². The van der Waals surface area contributed by atoms with Gasteiger partial charge < -0.3 is 0 Å². The first-order valence-corrected chi connectivity index (χ1v) is 6.22. The van der Waals surface area contributed by atoms with E-state index >= 15 is 0 Å². The molecule has 0 atom stereocenters. The Balaban J connectivity index is 2.47. The van der Waals surface area contributed by atoms with E-state index in [0.717, 1.165) is 9.13 Å². The van der Waals surface area contributed by atoms with Gasteiger partial charge in [0.15, 0.2) is 5.78 Å². The van der Waals surface area contributed by atoms with E-state index in [2.05, 4.69) is 22.6 Å². The monoisotopic (exact) mass is 340 g/mol. The lowest BCUT2D eigenvalue weighted by atomic mass is 9.99. The molecule has 0 radical (unpaired) electrons. The Hall–Kier alpha value is -1.23. The van der Waals surface area contributed by atoms with Crippen molar-refractivity contribution in [3.8, 4) is 0 Å². The summed E-state index contributed by atoms with van der Waals surface area (Å²) in [6, 6.07) is 11.6. The smallest absolute Gasteiger partial charge is 0.193 e. The fourth-order valence-electron chi connectivity index (χ4n) is 1.62. The van der Waals surface area contributed by atoms with Crippen molar-refractivity contribution in [1.82, 2.24) is 0 Å². The lowest BCUT2D eigenvalue weighted by Gasteiger charge is -2.05. The van der Waals surface area contributed by atoms with Gasteiger partial charge in [0.2, 0.25) is 0 Å². The summed E-state index contributed by atoms with van der Waals surface area (Å²) in [5, 5.41) is 0. The number of hydrogen-bond acceptors (Lipinski definition) is 1. The van der Waals surface area contributed by atoms with Crippen molar-refractivity contribution >= 4 is 28.4 Å². The molecule has 0 aromatic heterocycles. The molecule has 3 heteroatoms. The van der Waals surface area contributed by atoms with E-state index in [1.54, 1.807) is 25.1 Å². The first kappa shape index (κ1) is 12.2. The van der Waals surface area contributed by atoms with Crippen molar-refractivity contribution in [3.63, 3.8) is 0 Å². The third kappa shape index (κ3) is 2.72. The highest BCUT2D eigenvalue weighted by atomic mass is 127. The van der Waals surface area contributed by atoms with E-state index in [9.17, 15) is 9.18 Å². The van der Waals surface area contributed by atoms with Crippen molar-refractivity contribution in [3.05, 3.63) is 68.5 Å². The molecule has 0 unspecified atom stereocenters. The highest BCUT2D eigenvalue weighted by molar-refractivity contribution is 14.1. The van der Waals surface area contributed by atoms with Crippen LogP contribution >= 0.6 is 22.6 Å². The zero-order valence-corrected chi connectivity index (χ0v) is 11.4. The number of benzene rings is 2. The van der Waals surface area contributed by atoms with E-state index in [1.165, 1.54) is 12.1 Å². The number of rotatable bonds is 2. The van der Waals surface area contributed by atoms with Gasteiger partial charge in [0.05, 0.1) is 0 Å². The van der Waals surface area contributed by atoms with Crippen LogP contribution in [0.1, 0.15) is 21.5 Å². The van der Waals surface area contributed by atoms with Gasteiger partial charge in [0.1, 0.15) is 5.82 Å². The van der Waals surface area contributed by atoms with E-state index in [4.69, 9.17) is 0 Å². The van der Waals surface area contributed by atoms with Gasteiger partial charge in [-0.15, -0.1) is 0 Å². The quantitative estimate of drug-likeness (QED) is 0.597. The number of ketones is 1. The molecule has 2 rings (SSSR count). The molecular formula is C14H10FIO. The Labute approximate surface area is 113 Å². The minimum absolute atomic E-state index is 0.138. The zero-order valence-electron chi connectivity index (χ0n) is 9.21. The van der Waals surface area contributed by atoms with Gasteiger partial charge in [0, 0.05) is 14.7 Å².